The van der Waals surface area contributed by atoms with Crippen molar-refractivity contribution in [3.05, 3.63) is 57.8 Å². The Morgan fingerprint density at radius 3 is 2.14 bits per heavy atom. The first kappa shape index (κ1) is 22.4. The fraction of sp³-hybridized carbons (Fsp3) is 0.435. The van der Waals surface area contributed by atoms with E-state index in [1.165, 1.54) is 0 Å². The molecule has 0 saturated carbocycles. The van der Waals surface area contributed by atoms with E-state index in [4.69, 9.17) is 0 Å². The summed E-state index contributed by atoms with van der Waals surface area (Å²) >= 11 is 3.25. The van der Waals surface area contributed by atoms with Crippen LogP contribution in [0.3, 0.4) is 0 Å². The molecule has 1 amide bonds. The smallest absolute Gasteiger partial charge is 0.228 e. The number of halogens is 2. The van der Waals surface area contributed by atoms with Crippen molar-refractivity contribution < 1.29 is 9.18 Å². The van der Waals surface area contributed by atoms with Crippen molar-refractivity contribution in [3.63, 3.8) is 0 Å². The Labute approximate surface area is 176 Å². The van der Waals surface area contributed by atoms with Crippen molar-refractivity contribution in [1.29, 1.82) is 0 Å². The van der Waals surface area contributed by atoms with E-state index in [0.29, 0.717) is 16.3 Å². The lowest BCUT2D eigenvalue weighted by molar-refractivity contribution is -0.115. The number of anilines is 2. The number of nitrogens with one attached hydrogen (secondary N) is 1. The quantitative estimate of drug-likeness (QED) is 0.521. The number of rotatable bonds is 8. The summed E-state index contributed by atoms with van der Waals surface area (Å²) in [5.41, 5.74) is 3.01. The lowest BCUT2D eigenvalue weighted by Gasteiger charge is -2.30. The maximum Gasteiger partial charge on any atom is 0.228 e. The zero-order valence-corrected chi connectivity index (χ0v) is 18.9. The predicted octanol–water partition coefficient (Wildman–Crippen LogP) is 6.20. The molecule has 1 N–H and O–H groups in total. The molecular weight excluding hydrogens is 419 g/mol. The van der Waals surface area contributed by atoms with Gasteiger partial charge in [-0.15, -0.1) is 0 Å². The summed E-state index contributed by atoms with van der Waals surface area (Å²) in [7, 11) is 0. The number of benzene rings is 2. The Morgan fingerprint density at radius 2 is 1.61 bits per heavy atom. The van der Waals surface area contributed by atoms with Crippen LogP contribution in [0.15, 0.2) is 40.9 Å². The van der Waals surface area contributed by atoms with Gasteiger partial charge in [-0.25, -0.2) is 4.39 Å². The fourth-order valence-electron chi connectivity index (χ4n) is 3.15. The van der Waals surface area contributed by atoms with Gasteiger partial charge in [0.15, 0.2) is 5.82 Å². The molecule has 0 aliphatic rings. The van der Waals surface area contributed by atoms with Crippen LogP contribution >= 0.6 is 15.9 Å². The summed E-state index contributed by atoms with van der Waals surface area (Å²) < 4.78 is 15.3. The van der Waals surface area contributed by atoms with Crippen LogP contribution in [0.1, 0.15) is 38.8 Å². The Kier molecular flexibility index (Phi) is 8.05. The Bertz CT molecular complexity index is 793. The van der Waals surface area contributed by atoms with E-state index in [1.54, 1.807) is 6.07 Å². The van der Waals surface area contributed by atoms with Gasteiger partial charge >= 0.3 is 0 Å². The SMILES string of the molecule is Cc1ccc(CC(=O)Nc2c(N(CC(C)C)CC(C)C)ccc(Br)c2F)cc1. The van der Waals surface area contributed by atoms with Gasteiger partial charge in [0.25, 0.3) is 0 Å². The van der Waals surface area contributed by atoms with Crippen molar-refractivity contribution in [1.82, 2.24) is 0 Å². The maximum absolute atomic E-state index is 15.0. The summed E-state index contributed by atoms with van der Waals surface area (Å²) in [4.78, 5) is 14.8. The topological polar surface area (TPSA) is 32.3 Å². The molecule has 2 aromatic carbocycles. The summed E-state index contributed by atoms with van der Waals surface area (Å²) in [5.74, 6) is 0.173. The number of carbonyl (C=O) groups is 1. The minimum atomic E-state index is -0.438. The third-order valence-corrected chi connectivity index (χ3v) is 4.95. The van der Waals surface area contributed by atoms with Gasteiger partial charge in [-0.3, -0.25) is 4.79 Å². The lowest BCUT2D eigenvalue weighted by Crippen LogP contribution is -2.32. The summed E-state index contributed by atoms with van der Waals surface area (Å²) in [6.07, 6.45) is 0.208. The molecule has 0 aliphatic heterocycles. The van der Waals surface area contributed by atoms with Gasteiger partial charge in [-0.05, 0) is 52.4 Å². The molecular formula is C23H30BrFN2O. The van der Waals surface area contributed by atoms with E-state index in [-0.39, 0.29) is 18.0 Å². The molecule has 0 atom stereocenters. The van der Waals surface area contributed by atoms with Gasteiger partial charge in [0.1, 0.15) is 5.69 Å². The molecule has 152 valence electrons. The largest absolute Gasteiger partial charge is 0.369 e. The fourth-order valence-corrected chi connectivity index (χ4v) is 3.48. The van der Waals surface area contributed by atoms with Crippen molar-refractivity contribution in [2.24, 2.45) is 11.8 Å². The number of hydrogen-bond donors (Lipinski definition) is 1. The van der Waals surface area contributed by atoms with Gasteiger partial charge in [-0.2, -0.15) is 0 Å². The lowest BCUT2D eigenvalue weighted by atomic mass is 10.1. The molecule has 0 unspecified atom stereocenters. The third-order valence-electron chi connectivity index (χ3n) is 4.33. The van der Waals surface area contributed by atoms with Gasteiger partial charge in [-0.1, -0.05) is 57.5 Å². The standard InChI is InChI=1S/C23H30BrFN2O/c1-15(2)13-27(14-16(3)4)20-11-10-19(24)22(25)23(20)26-21(28)12-18-8-6-17(5)7-9-18/h6-11,15-16H,12-14H2,1-5H3,(H,26,28). The second-order valence-electron chi connectivity index (χ2n) is 8.16. The van der Waals surface area contributed by atoms with Crippen molar-refractivity contribution in [2.45, 2.75) is 41.0 Å². The van der Waals surface area contributed by atoms with Gasteiger partial charge < -0.3 is 10.2 Å². The molecule has 3 nitrogen and oxygen atoms in total. The van der Waals surface area contributed by atoms with Gasteiger partial charge in [0.2, 0.25) is 5.91 Å². The summed E-state index contributed by atoms with van der Waals surface area (Å²) in [6.45, 7) is 12.1. The summed E-state index contributed by atoms with van der Waals surface area (Å²) in [6, 6.07) is 11.4. The van der Waals surface area contributed by atoms with E-state index in [2.05, 4.69) is 53.8 Å². The average Bonchev–Trinajstić information content (AvgIpc) is 2.60. The molecule has 0 spiro atoms. The molecule has 28 heavy (non-hydrogen) atoms. The molecule has 2 aromatic rings. The number of amides is 1. The number of hydrogen-bond acceptors (Lipinski definition) is 2. The van der Waals surface area contributed by atoms with E-state index in [9.17, 15) is 9.18 Å². The first-order valence-corrected chi connectivity index (χ1v) is 10.5. The Balaban J connectivity index is 2.31. The zero-order chi connectivity index (χ0) is 20.8. The highest BCUT2D eigenvalue weighted by Gasteiger charge is 2.21. The molecule has 2 rings (SSSR count). The van der Waals surface area contributed by atoms with Gasteiger partial charge in [0, 0.05) is 13.1 Å². The normalized spacial score (nSPS) is 11.2. The molecule has 0 aliphatic carbocycles. The molecule has 0 saturated heterocycles. The average molecular weight is 449 g/mol. The minimum Gasteiger partial charge on any atom is -0.369 e. The van der Waals surface area contributed by atoms with Gasteiger partial charge in [0.05, 0.1) is 16.6 Å². The van der Waals surface area contributed by atoms with Crippen LogP contribution in [-0.2, 0) is 11.2 Å². The second kappa shape index (κ2) is 10.1. The highest BCUT2D eigenvalue weighted by molar-refractivity contribution is 9.10. The van der Waals surface area contributed by atoms with Crippen molar-refractivity contribution >= 4 is 33.2 Å². The van der Waals surface area contributed by atoms with Crippen LogP contribution in [0, 0.1) is 24.6 Å². The first-order valence-electron chi connectivity index (χ1n) is 9.75. The van der Waals surface area contributed by atoms with Crippen LogP contribution in [0.5, 0.6) is 0 Å². The van der Waals surface area contributed by atoms with E-state index >= 15 is 0 Å². The van der Waals surface area contributed by atoms with Crippen LogP contribution in [0.4, 0.5) is 15.8 Å². The zero-order valence-electron chi connectivity index (χ0n) is 17.4. The Hall–Kier alpha value is -1.88. The first-order chi connectivity index (χ1) is 13.2. The number of aryl methyl sites for hydroxylation is 1. The minimum absolute atomic E-state index is 0.208. The van der Waals surface area contributed by atoms with Crippen molar-refractivity contribution in [3.8, 4) is 0 Å². The number of nitrogens with zero attached hydrogens (tertiary/aromatic N) is 1. The molecule has 0 aromatic heterocycles. The van der Waals surface area contributed by atoms with E-state index in [0.717, 1.165) is 29.9 Å². The number of carbonyl (C=O) groups excluding carboxylic acids is 1. The third kappa shape index (κ3) is 6.33. The summed E-state index contributed by atoms with van der Waals surface area (Å²) in [5, 5.41) is 2.82. The molecule has 0 fully saturated rings. The van der Waals surface area contributed by atoms with Crippen LogP contribution in [0.2, 0.25) is 0 Å². The van der Waals surface area contributed by atoms with E-state index < -0.39 is 5.82 Å². The monoisotopic (exact) mass is 448 g/mol. The van der Waals surface area contributed by atoms with Crippen molar-refractivity contribution in [2.75, 3.05) is 23.3 Å². The van der Waals surface area contributed by atoms with E-state index in [1.807, 2.05) is 37.3 Å². The van der Waals surface area contributed by atoms with Crippen LogP contribution in [-0.4, -0.2) is 19.0 Å². The molecule has 0 heterocycles. The highest BCUT2D eigenvalue weighted by Crippen LogP contribution is 2.34. The molecule has 0 radical (unpaired) electrons. The molecule has 5 heteroatoms. The predicted molar refractivity (Wildman–Crippen MR) is 120 cm³/mol. The highest BCUT2D eigenvalue weighted by atomic mass is 79.9. The molecule has 0 bridgehead atoms. The Morgan fingerprint density at radius 1 is 1.04 bits per heavy atom. The van der Waals surface area contributed by atoms with Crippen LogP contribution in [0.25, 0.3) is 0 Å². The second-order valence-corrected chi connectivity index (χ2v) is 9.01. The maximum atomic E-state index is 15.0. The van der Waals surface area contributed by atoms with Crippen LogP contribution < -0.4 is 10.2 Å².